The number of anilines is 5. The molecule has 0 radical (unpaired) electrons. The van der Waals surface area contributed by atoms with Gasteiger partial charge in [-0.3, -0.25) is 9.69 Å². The van der Waals surface area contributed by atoms with Crippen molar-refractivity contribution in [2.24, 2.45) is 0 Å². The first kappa shape index (κ1) is 34.2. The quantitative estimate of drug-likeness (QED) is 0.170. The summed E-state index contributed by atoms with van der Waals surface area (Å²) in [4.78, 5) is 32.1. The van der Waals surface area contributed by atoms with Crippen LogP contribution in [0.5, 0.6) is 5.75 Å². The zero-order chi connectivity index (χ0) is 33.8. The Morgan fingerprint density at radius 2 is 1.79 bits per heavy atom. The molecule has 48 heavy (non-hydrogen) atoms. The van der Waals surface area contributed by atoms with E-state index in [2.05, 4.69) is 80.8 Å². The smallest absolute Gasteiger partial charge is 0.255 e. The average molecular weight is 689 g/mol. The van der Waals surface area contributed by atoms with E-state index in [4.69, 9.17) is 21.3 Å². The van der Waals surface area contributed by atoms with Crippen LogP contribution in [0.1, 0.15) is 25.3 Å². The minimum Gasteiger partial charge on any atom is -0.494 e. The van der Waals surface area contributed by atoms with Gasteiger partial charge in [0.1, 0.15) is 10.8 Å². The van der Waals surface area contributed by atoms with Crippen LogP contribution in [-0.2, 0) is 6.42 Å². The van der Waals surface area contributed by atoms with Crippen molar-refractivity contribution < 1.29 is 4.74 Å². The Morgan fingerprint density at radius 3 is 2.48 bits per heavy atom. The third kappa shape index (κ3) is 7.62. The molecule has 0 spiro atoms. The SMILES string of the molecule is CCc1cc(Nc2ncc(Cl)c(Nc3ccc(-c4ccc[nH]c4=O)cc3P(C)C)n2)c(OC)cc1N1CCC(N2CCN(C)CC2)CC1. The molecule has 0 bridgehead atoms. The van der Waals surface area contributed by atoms with Gasteiger partial charge in [-0.2, -0.15) is 4.98 Å². The summed E-state index contributed by atoms with van der Waals surface area (Å²) in [5.74, 6) is 1.65. The van der Waals surface area contributed by atoms with Gasteiger partial charge in [0.25, 0.3) is 5.56 Å². The summed E-state index contributed by atoms with van der Waals surface area (Å²) in [6, 6.07) is 14.6. The number of rotatable bonds is 10. The van der Waals surface area contributed by atoms with Crippen molar-refractivity contribution >= 4 is 53.7 Å². The molecule has 4 aromatic rings. The molecule has 254 valence electrons. The predicted molar refractivity (Wildman–Crippen MR) is 201 cm³/mol. The third-order valence-electron chi connectivity index (χ3n) is 9.49. The van der Waals surface area contributed by atoms with Crippen molar-refractivity contribution in [3.63, 3.8) is 0 Å². The van der Waals surface area contributed by atoms with Gasteiger partial charge in [-0.25, -0.2) is 4.98 Å². The fourth-order valence-electron chi connectivity index (χ4n) is 6.70. The molecule has 3 N–H and O–H groups in total. The lowest BCUT2D eigenvalue weighted by Gasteiger charge is -2.43. The van der Waals surface area contributed by atoms with E-state index in [1.807, 2.05) is 24.3 Å². The lowest BCUT2D eigenvalue weighted by molar-refractivity contribution is 0.0982. The highest BCUT2D eigenvalue weighted by Crippen LogP contribution is 2.38. The van der Waals surface area contributed by atoms with Crippen LogP contribution >= 0.6 is 19.5 Å². The standard InChI is InChI=1S/C36H46ClN8O2P/c1-6-24-20-30(32(47-3)22-31(24)45-14-11-26(12-15-45)44-18-16-43(2)17-19-44)41-36-39-23-28(37)34(42-36)40-29-10-9-25(21-33(29)48(4)5)27-8-7-13-38-35(27)46/h7-10,13,20-23,26H,6,11-12,14-19H2,1-5H3,(H,38,46)(H2,39,40,41,42). The van der Waals surface area contributed by atoms with E-state index in [1.165, 1.54) is 37.2 Å². The second-order valence-corrected chi connectivity index (χ2v) is 15.4. The minimum absolute atomic E-state index is 0.115. The van der Waals surface area contributed by atoms with Crippen LogP contribution in [0.3, 0.4) is 0 Å². The number of ether oxygens (including phenoxy) is 1. The number of benzene rings is 2. The molecule has 2 aliphatic rings. The van der Waals surface area contributed by atoms with Crippen LogP contribution in [0.25, 0.3) is 11.1 Å². The number of hydrogen-bond acceptors (Lipinski definition) is 9. The van der Waals surface area contributed by atoms with Gasteiger partial charge in [-0.1, -0.05) is 32.5 Å². The maximum absolute atomic E-state index is 12.4. The molecule has 2 aliphatic heterocycles. The van der Waals surface area contributed by atoms with E-state index in [-0.39, 0.29) is 5.56 Å². The monoisotopic (exact) mass is 688 g/mol. The number of nitrogens with zero attached hydrogens (tertiary/aromatic N) is 5. The molecule has 0 atom stereocenters. The average Bonchev–Trinajstić information content (AvgIpc) is 3.10. The van der Waals surface area contributed by atoms with Crippen molar-refractivity contribution in [2.45, 2.75) is 32.2 Å². The molecule has 4 heterocycles. The van der Waals surface area contributed by atoms with Crippen LogP contribution in [0.15, 0.2) is 59.7 Å². The number of methoxy groups -OCH3 is 1. The highest BCUT2D eigenvalue weighted by molar-refractivity contribution is 7.64. The molecule has 2 aromatic heterocycles. The number of likely N-dealkylation sites (N-methyl/N-ethyl adjacent to an activating group) is 1. The Bertz CT molecular complexity index is 1780. The summed E-state index contributed by atoms with van der Waals surface area (Å²) in [5, 5.41) is 8.35. The molecule has 12 heteroatoms. The zero-order valence-corrected chi connectivity index (χ0v) is 30.2. The number of aryl methyl sites for hydroxylation is 1. The Balaban J connectivity index is 1.20. The molecule has 2 fully saturated rings. The lowest BCUT2D eigenvalue weighted by atomic mass is 9.99. The fraction of sp³-hybridized carbons (Fsp3) is 0.417. The van der Waals surface area contributed by atoms with E-state index < -0.39 is 7.92 Å². The molecule has 0 unspecified atom stereocenters. The topological polar surface area (TPSA) is 102 Å². The molecule has 0 saturated carbocycles. The van der Waals surface area contributed by atoms with Crippen molar-refractivity contribution in [2.75, 3.05) is 82.3 Å². The van der Waals surface area contributed by atoms with Gasteiger partial charge in [0, 0.05) is 74.5 Å². The summed E-state index contributed by atoms with van der Waals surface area (Å²) in [6.45, 7) is 13.3. The minimum atomic E-state index is -0.516. The first-order valence-electron chi connectivity index (χ1n) is 16.7. The normalized spacial score (nSPS) is 16.4. The van der Waals surface area contributed by atoms with Crippen LogP contribution in [0.4, 0.5) is 28.8 Å². The van der Waals surface area contributed by atoms with Crippen LogP contribution in [0, 0.1) is 0 Å². The molecular weight excluding hydrogens is 643 g/mol. The molecule has 6 rings (SSSR count). The molecule has 0 amide bonds. The Morgan fingerprint density at radius 1 is 1.02 bits per heavy atom. The summed E-state index contributed by atoms with van der Waals surface area (Å²) >= 11 is 6.62. The Kier molecular flexibility index (Phi) is 10.9. The number of pyridine rings is 1. The van der Waals surface area contributed by atoms with E-state index in [1.54, 1.807) is 19.5 Å². The summed E-state index contributed by atoms with van der Waals surface area (Å²) in [6.07, 6.45) is 6.49. The number of nitrogens with one attached hydrogen (secondary N) is 3. The largest absolute Gasteiger partial charge is 0.494 e. The first-order valence-corrected chi connectivity index (χ1v) is 19.3. The van der Waals surface area contributed by atoms with Crippen LogP contribution in [0.2, 0.25) is 5.02 Å². The number of aromatic nitrogens is 3. The second-order valence-electron chi connectivity index (χ2n) is 12.8. The molecule has 2 saturated heterocycles. The number of hydrogen-bond donors (Lipinski definition) is 3. The van der Waals surface area contributed by atoms with Crippen molar-refractivity contribution in [1.82, 2.24) is 24.8 Å². The van der Waals surface area contributed by atoms with Gasteiger partial charge in [0.2, 0.25) is 5.95 Å². The Labute approximate surface area is 289 Å². The lowest BCUT2D eigenvalue weighted by Crippen LogP contribution is -2.52. The number of piperazine rings is 1. The van der Waals surface area contributed by atoms with E-state index in [0.29, 0.717) is 28.4 Å². The summed E-state index contributed by atoms with van der Waals surface area (Å²) in [7, 11) is 3.40. The maximum atomic E-state index is 12.4. The van der Waals surface area contributed by atoms with Crippen LogP contribution in [-0.4, -0.2) is 97.5 Å². The predicted octanol–water partition coefficient (Wildman–Crippen LogP) is 6.13. The molecule has 2 aromatic carbocycles. The van der Waals surface area contributed by atoms with Gasteiger partial charge >= 0.3 is 0 Å². The number of aromatic amines is 1. The van der Waals surface area contributed by atoms with E-state index >= 15 is 0 Å². The Hall–Kier alpha value is -3.69. The second kappa shape index (κ2) is 15.2. The van der Waals surface area contributed by atoms with Crippen molar-refractivity contribution in [1.29, 1.82) is 0 Å². The van der Waals surface area contributed by atoms with Crippen LogP contribution < -0.4 is 31.1 Å². The highest BCUT2D eigenvalue weighted by Gasteiger charge is 2.28. The third-order valence-corrected chi connectivity index (χ3v) is 11.1. The van der Waals surface area contributed by atoms with Gasteiger partial charge in [0.05, 0.1) is 19.0 Å². The number of piperidine rings is 1. The maximum Gasteiger partial charge on any atom is 0.255 e. The zero-order valence-electron chi connectivity index (χ0n) is 28.5. The molecule has 0 aliphatic carbocycles. The van der Waals surface area contributed by atoms with E-state index in [0.717, 1.165) is 60.6 Å². The number of H-pyrrole nitrogens is 1. The van der Waals surface area contributed by atoms with Gasteiger partial charge in [-0.15, -0.1) is 0 Å². The summed E-state index contributed by atoms with van der Waals surface area (Å²) < 4.78 is 5.90. The van der Waals surface area contributed by atoms with Gasteiger partial charge in [-0.05, 0) is 86.4 Å². The number of halogens is 1. The van der Waals surface area contributed by atoms with Crippen molar-refractivity contribution in [3.05, 3.63) is 75.8 Å². The van der Waals surface area contributed by atoms with Gasteiger partial charge in [0.15, 0.2) is 5.82 Å². The fourth-order valence-corrected chi connectivity index (χ4v) is 7.85. The highest BCUT2D eigenvalue weighted by atomic mass is 35.5. The molecular formula is C36H46ClN8O2P. The summed E-state index contributed by atoms with van der Waals surface area (Å²) in [5.41, 5.74) is 5.57. The first-order chi connectivity index (χ1) is 23.2. The van der Waals surface area contributed by atoms with Crippen molar-refractivity contribution in [3.8, 4) is 16.9 Å². The van der Waals surface area contributed by atoms with Gasteiger partial charge < -0.3 is 30.2 Å². The van der Waals surface area contributed by atoms with E-state index in [9.17, 15) is 4.79 Å². The molecule has 10 nitrogen and oxygen atoms in total.